The lowest BCUT2D eigenvalue weighted by Crippen LogP contribution is -2.09. The number of terminal acetylenes is 1. The van der Waals surface area contributed by atoms with E-state index in [1.54, 1.807) is 6.92 Å². The fourth-order valence-electron chi connectivity index (χ4n) is 1.15. The Morgan fingerprint density at radius 1 is 1.69 bits per heavy atom. The third-order valence-corrected chi connectivity index (χ3v) is 2.02. The van der Waals surface area contributed by atoms with Crippen LogP contribution in [0.5, 0.6) is 0 Å². The summed E-state index contributed by atoms with van der Waals surface area (Å²) in [6, 6.07) is 3.43. The van der Waals surface area contributed by atoms with Gasteiger partial charge >= 0.3 is 5.97 Å². The summed E-state index contributed by atoms with van der Waals surface area (Å²) in [7, 11) is 0. The standard InChI is InChI=1S/C12H11FO3/c1-3-8(2)16-7-9-6-10(13)4-5-11(9)12(14)15/h1,4-6,8H,7H2,2H3,(H,14,15). The SMILES string of the molecule is C#CC(C)OCc1cc(F)ccc1C(=O)O. The second kappa shape index (κ2) is 5.29. The van der Waals surface area contributed by atoms with Crippen molar-refractivity contribution in [1.29, 1.82) is 0 Å². The fourth-order valence-corrected chi connectivity index (χ4v) is 1.15. The van der Waals surface area contributed by atoms with Gasteiger partial charge in [0, 0.05) is 0 Å². The van der Waals surface area contributed by atoms with E-state index >= 15 is 0 Å². The van der Waals surface area contributed by atoms with Gasteiger partial charge < -0.3 is 9.84 Å². The van der Waals surface area contributed by atoms with Gasteiger partial charge in [-0.05, 0) is 30.7 Å². The number of benzene rings is 1. The molecule has 1 unspecified atom stereocenters. The Bertz CT molecular complexity index is 434. The number of aromatic carboxylic acids is 1. The molecule has 4 heteroatoms. The van der Waals surface area contributed by atoms with E-state index in [1.165, 1.54) is 6.07 Å². The lowest BCUT2D eigenvalue weighted by atomic mass is 10.1. The lowest BCUT2D eigenvalue weighted by molar-refractivity contribution is 0.0675. The zero-order chi connectivity index (χ0) is 12.1. The van der Waals surface area contributed by atoms with E-state index in [2.05, 4.69) is 5.92 Å². The molecule has 0 aromatic heterocycles. The van der Waals surface area contributed by atoms with Crippen LogP contribution >= 0.6 is 0 Å². The van der Waals surface area contributed by atoms with Gasteiger partial charge in [0.2, 0.25) is 0 Å². The van der Waals surface area contributed by atoms with Gasteiger partial charge in [0.1, 0.15) is 11.9 Å². The van der Waals surface area contributed by atoms with Gasteiger partial charge in [0.25, 0.3) is 0 Å². The monoisotopic (exact) mass is 222 g/mol. The highest BCUT2D eigenvalue weighted by atomic mass is 19.1. The van der Waals surface area contributed by atoms with Crippen LogP contribution in [-0.2, 0) is 11.3 Å². The molecule has 0 aliphatic carbocycles. The van der Waals surface area contributed by atoms with E-state index in [9.17, 15) is 9.18 Å². The largest absolute Gasteiger partial charge is 0.478 e. The number of rotatable bonds is 4. The summed E-state index contributed by atoms with van der Waals surface area (Å²) in [5, 5.41) is 8.86. The van der Waals surface area contributed by atoms with Crippen LogP contribution in [0.15, 0.2) is 18.2 Å². The molecule has 0 saturated carbocycles. The maximum atomic E-state index is 12.9. The zero-order valence-corrected chi connectivity index (χ0v) is 8.74. The quantitative estimate of drug-likeness (QED) is 0.793. The molecule has 0 amide bonds. The van der Waals surface area contributed by atoms with Crippen LogP contribution in [0.25, 0.3) is 0 Å². The molecule has 1 aromatic rings. The predicted octanol–water partition coefficient (Wildman–Crippen LogP) is 2.06. The summed E-state index contributed by atoms with van der Waals surface area (Å²) in [5.74, 6) is 0.714. The number of ether oxygens (including phenoxy) is 1. The summed E-state index contributed by atoms with van der Waals surface area (Å²) < 4.78 is 18.1. The van der Waals surface area contributed by atoms with E-state index in [0.29, 0.717) is 0 Å². The molecule has 1 atom stereocenters. The van der Waals surface area contributed by atoms with Crippen LogP contribution in [-0.4, -0.2) is 17.2 Å². The van der Waals surface area contributed by atoms with Crippen molar-refractivity contribution in [2.24, 2.45) is 0 Å². The first-order valence-electron chi connectivity index (χ1n) is 4.64. The molecule has 0 fully saturated rings. The minimum atomic E-state index is -1.12. The van der Waals surface area contributed by atoms with E-state index in [0.717, 1.165) is 12.1 Å². The first kappa shape index (κ1) is 12.2. The van der Waals surface area contributed by atoms with Gasteiger partial charge in [-0.15, -0.1) is 6.42 Å². The molecular formula is C12H11FO3. The van der Waals surface area contributed by atoms with Gasteiger partial charge in [0.15, 0.2) is 0 Å². The molecule has 0 heterocycles. The van der Waals surface area contributed by atoms with Crippen LogP contribution in [0, 0.1) is 18.2 Å². The molecule has 1 rings (SSSR count). The number of carboxylic acids is 1. The Morgan fingerprint density at radius 2 is 2.38 bits per heavy atom. The average Bonchev–Trinajstić information content (AvgIpc) is 2.25. The summed E-state index contributed by atoms with van der Waals surface area (Å²) >= 11 is 0. The van der Waals surface area contributed by atoms with Crippen molar-refractivity contribution in [2.45, 2.75) is 19.6 Å². The summed E-state index contributed by atoms with van der Waals surface area (Å²) in [4.78, 5) is 10.8. The molecule has 0 radical (unpaired) electrons. The van der Waals surface area contributed by atoms with Gasteiger partial charge in [-0.3, -0.25) is 0 Å². The molecule has 16 heavy (non-hydrogen) atoms. The molecule has 84 valence electrons. The maximum absolute atomic E-state index is 12.9. The van der Waals surface area contributed by atoms with Crippen molar-refractivity contribution in [3.05, 3.63) is 35.1 Å². The van der Waals surface area contributed by atoms with Crippen molar-refractivity contribution in [3.63, 3.8) is 0 Å². The minimum Gasteiger partial charge on any atom is -0.478 e. The first-order valence-corrected chi connectivity index (χ1v) is 4.64. The highest BCUT2D eigenvalue weighted by Crippen LogP contribution is 2.13. The Labute approximate surface area is 92.9 Å². The molecule has 3 nitrogen and oxygen atoms in total. The Kier molecular flexibility index (Phi) is 4.03. The molecule has 0 aliphatic heterocycles. The lowest BCUT2D eigenvalue weighted by Gasteiger charge is -2.09. The third kappa shape index (κ3) is 3.07. The molecule has 0 bridgehead atoms. The molecule has 0 spiro atoms. The highest BCUT2D eigenvalue weighted by molar-refractivity contribution is 5.89. The van der Waals surface area contributed by atoms with Gasteiger partial charge in [0.05, 0.1) is 12.2 Å². The zero-order valence-electron chi connectivity index (χ0n) is 8.74. The van der Waals surface area contributed by atoms with Crippen LogP contribution < -0.4 is 0 Å². The van der Waals surface area contributed by atoms with E-state index in [1.807, 2.05) is 0 Å². The highest BCUT2D eigenvalue weighted by Gasteiger charge is 2.11. The smallest absolute Gasteiger partial charge is 0.336 e. The van der Waals surface area contributed by atoms with E-state index in [-0.39, 0.29) is 17.7 Å². The minimum absolute atomic E-state index is 0.0191. The number of hydrogen-bond donors (Lipinski definition) is 1. The van der Waals surface area contributed by atoms with E-state index in [4.69, 9.17) is 16.3 Å². The van der Waals surface area contributed by atoms with Crippen molar-refractivity contribution in [3.8, 4) is 12.3 Å². The average molecular weight is 222 g/mol. The first-order chi connectivity index (χ1) is 7.54. The van der Waals surface area contributed by atoms with Crippen LogP contribution in [0.4, 0.5) is 4.39 Å². The molecular weight excluding hydrogens is 211 g/mol. The normalized spacial score (nSPS) is 11.8. The topological polar surface area (TPSA) is 46.5 Å². The second-order valence-corrected chi connectivity index (χ2v) is 3.23. The van der Waals surface area contributed by atoms with Crippen LogP contribution in [0.2, 0.25) is 0 Å². The Morgan fingerprint density at radius 3 is 2.94 bits per heavy atom. The summed E-state index contributed by atoms with van der Waals surface area (Å²) in [5.41, 5.74) is 0.292. The van der Waals surface area contributed by atoms with Crippen molar-refractivity contribution < 1.29 is 19.0 Å². The third-order valence-electron chi connectivity index (χ3n) is 2.02. The van der Waals surface area contributed by atoms with Gasteiger partial charge in [-0.1, -0.05) is 5.92 Å². The van der Waals surface area contributed by atoms with Crippen molar-refractivity contribution in [2.75, 3.05) is 0 Å². The van der Waals surface area contributed by atoms with Crippen molar-refractivity contribution in [1.82, 2.24) is 0 Å². The number of carbonyl (C=O) groups is 1. The summed E-state index contributed by atoms with van der Waals surface area (Å²) in [6.45, 7) is 1.63. The molecule has 1 aromatic carbocycles. The fraction of sp³-hybridized carbons (Fsp3) is 0.250. The van der Waals surface area contributed by atoms with E-state index < -0.39 is 17.9 Å². The second-order valence-electron chi connectivity index (χ2n) is 3.23. The predicted molar refractivity (Wildman–Crippen MR) is 56.4 cm³/mol. The van der Waals surface area contributed by atoms with Gasteiger partial charge in [-0.25, -0.2) is 9.18 Å². The number of hydrogen-bond acceptors (Lipinski definition) is 2. The van der Waals surface area contributed by atoms with Crippen LogP contribution in [0.3, 0.4) is 0 Å². The Balaban J connectivity index is 2.89. The van der Waals surface area contributed by atoms with Gasteiger partial charge in [-0.2, -0.15) is 0 Å². The number of carboxylic acid groups (broad SMARTS) is 1. The summed E-state index contributed by atoms with van der Waals surface area (Å²) in [6.07, 6.45) is 4.66. The molecule has 0 saturated heterocycles. The van der Waals surface area contributed by atoms with Crippen LogP contribution in [0.1, 0.15) is 22.8 Å². The maximum Gasteiger partial charge on any atom is 0.336 e. The number of halogens is 1. The Hall–Kier alpha value is -1.86. The van der Waals surface area contributed by atoms with Crippen molar-refractivity contribution >= 4 is 5.97 Å². The molecule has 0 aliphatic rings. The molecule has 1 N–H and O–H groups in total.